The first-order valence-electron chi connectivity index (χ1n) is 15.9. The Morgan fingerprint density at radius 1 is 1.05 bits per heavy atom. The van der Waals surface area contributed by atoms with Crippen LogP contribution in [-0.4, -0.2) is 58.4 Å². The standard InChI is InChI=1S/C35H47FN4O3/c1-22(2)37-33(41)25-10-12-29(13-11-25)40-31-18-24(21-39-16-14-28(15-17-39)35(4,5)43)7-9-26(31)20-32(40)38-34(42)27-8-6-23(3)30(36)19-27/h6-9,18-19,22,25,28-29,43H,10-17,20-21H2,1-5H3,(H,37,41). The average Bonchev–Trinajstić information content (AvgIpc) is 3.31. The van der Waals surface area contributed by atoms with E-state index in [1.54, 1.807) is 19.1 Å². The molecule has 8 heteroatoms. The van der Waals surface area contributed by atoms with Crippen molar-refractivity contribution in [3.05, 3.63) is 64.5 Å². The summed E-state index contributed by atoms with van der Waals surface area (Å²) >= 11 is 0. The Kier molecular flexibility index (Phi) is 9.37. The minimum Gasteiger partial charge on any atom is -0.390 e. The van der Waals surface area contributed by atoms with E-state index in [0.717, 1.165) is 69.4 Å². The normalized spacial score (nSPS) is 22.7. The molecule has 0 bridgehead atoms. The molecular weight excluding hydrogens is 543 g/mol. The van der Waals surface area contributed by atoms with Crippen molar-refractivity contribution >= 4 is 23.3 Å². The number of amides is 2. The fraction of sp³-hybridized carbons (Fsp3) is 0.571. The number of carbonyl (C=O) groups is 2. The summed E-state index contributed by atoms with van der Waals surface area (Å²) in [4.78, 5) is 35.2. The van der Waals surface area contributed by atoms with Gasteiger partial charge in [0.2, 0.25) is 5.91 Å². The maximum Gasteiger partial charge on any atom is 0.278 e. The highest BCUT2D eigenvalue weighted by Crippen LogP contribution is 2.38. The van der Waals surface area contributed by atoms with Crippen LogP contribution in [0.5, 0.6) is 0 Å². The SMILES string of the molecule is Cc1ccc(C(=O)N=C2Cc3ccc(CN4CCC(C(C)(C)O)CC4)cc3N2C2CCC(C(=O)NC(C)C)CC2)cc1F. The minimum absolute atomic E-state index is 0.00330. The third-order valence-electron chi connectivity index (χ3n) is 9.54. The van der Waals surface area contributed by atoms with Gasteiger partial charge in [-0.05, 0) is 127 Å². The third kappa shape index (κ3) is 7.35. The first kappa shape index (κ1) is 31.3. The maximum absolute atomic E-state index is 14.3. The van der Waals surface area contributed by atoms with Gasteiger partial charge in [-0.15, -0.1) is 0 Å². The van der Waals surface area contributed by atoms with E-state index in [0.29, 0.717) is 23.7 Å². The Hall–Kier alpha value is -3.10. The summed E-state index contributed by atoms with van der Waals surface area (Å²) in [6, 6.07) is 11.3. The topological polar surface area (TPSA) is 85.2 Å². The highest BCUT2D eigenvalue weighted by atomic mass is 19.1. The second kappa shape index (κ2) is 12.9. The molecule has 2 aliphatic heterocycles. The molecular formula is C35H47FN4O3. The number of benzene rings is 2. The van der Waals surface area contributed by atoms with Crippen LogP contribution in [0, 0.1) is 24.6 Å². The van der Waals surface area contributed by atoms with Crippen molar-refractivity contribution in [2.24, 2.45) is 16.8 Å². The number of halogens is 1. The summed E-state index contributed by atoms with van der Waals surface area (Å²) in [6.45, 7) is 12.2. The van der Waals surface area contributed by atoms with E-state index in [1.165, 1.54) is 11.6 Å². The van der Waals surface area contributed by atoms with Gasteiger partial charge in [0.1, 0.15) is 11.7 Å². The lowest BCUT2D eigenvalue weighted by molar-refractivity contribution is -0.126. The van der Waals surface area contributed by atoms with Crippen molar-refractivity contribution in [3.8, 4) is 0 Å². The zero-order chi connectivity index (χ0) is 30.9. The van der Waals surface area contributed by atoms with Crippen LogP contribution in [0.3, 0.4) is 0 Å². The van der Waals surface area contributed by atoms with Crippen molar-refractivity contribution in [1.29, 1.82) is 0 Å². The second-order valence-corrected chi connectivity index (χ2v) is 13.7. The number of aliphatic hydroxyl groups is 1. The molecule has 2 heterocycles. The predicted octanol–water partition coefficient (Wildman–Crippen LogP) is 5.80. The number of rotatable bonds is 7. The lowest BCUT2D eigenvalue weighted by atomic mass is 9.83. The first-order valence-corrected chi connectivity index (χ1v) is 15.9. The van der Waals surface area contributed by atoms with Gasteiger partial charge in [-0.2, -0.15) is 4.99 Å². The molecule has 0 unspecified atom stereocenters. The zero-order valence-electron chi connectivity index (χ0n) is 26.3. The minimum atomic E-state index is -0.647. The Morgan fingerprint density at radius 2 is 1.74 bits per heavy atom. The largest absolute Gasteiger partial charge is 0.390 e. The molecule has 2 aromatic rings. The van der Waals surface area contributed by atoms with Gasteiger partial charge in [-0.25, -0.2) is 4.39 Å². The second-order valence-electron chi connectivity index (χ2n) is 13.7. The van der Waals surface area contributed by atoms with Gasteiger partial charge in [-0.1, -0.05) is 18.2 Å². The highest BCUT2D eigenvalue weighted by Gasteiger charge is 2.37. The number of amidine groups is 1. The monoisotopic (exact) mass is 590 g/mol. The van der Waals surface area contributed by atoms with Gasteiger partial charge in [0, 0.05) is 42.2 Å². The molecule has 43 heavy (non-hydrogen) atoms. The summed E-state index contributed by atoms with van der Waals surface area (Å²) in [5.41, 5.74) is 3.52. The lowest BCUT2D eigenvalue weighted by Crippen LogP contribution is -2.44. The zero-order valence-corrected chi connectivity index (χ0v) is 26.3. The Morgan fingerprint density at radius 3 is 2.37 bits per heavy atom. The predicted molar refractivity (Wildman–Crippen MR) is 169 cm³/mol. The number of piperidine rings is 1. The number of carbonyl (C=O) groups excluding carboxylic acids is 2. The molecule has 1 aliphatic carbocycles. The molecule has 0 atom stereocenters. The molecule has 0 spiro atoms. The number of anilines is 1. The van der Waals surface area contributed by atoms with Crippen molar-refractivity contribution < 1.29 is 19.1 Å². The fourth-order valence-electron chi connectivity index (χ4n) is 6.94. The smallest absolute Gasteiger partial charge is 0.278 e. The summed E-state index contributed by atoms with van der Waals surface area (Å²) in [6.07, 6.45) is 5.73. The van der Waals surface area contributed by atoms with Crippen LogP contribution in [0.15, 0.2) is 41.4 Å². The van der Waals surface area contributed by atoms with E-state index in [1.807, 2.05) is 27.7 Å². The lowest BCUT2D eigenvalue weighted by Gasteiger charge is -2.38. The summed E-state index contributed by atoms with van der Waals surface area (Å²) in [7, 11) is 0. The van der Waals surface area contributed by atoms with Crippen molar-refractivity contribution in [2.45, 2.75) is 104 Å². The maximum atomic E-state index is 14.3. The molecule has 5 rings (SSSR count). The van der Waals surface area contributed by atoms with Gasteiger partial charge in [0.15, 0.2) is 0 Å². The number of aliphatic imine (C=N–C) groups is 1. The summed E-state index contributed by atoms with van der Waals surface area (Å²) < 4.78 is 14.3. The van der Waals surface area contributed by atoms with Crippen molar-refractivity contribution in [3.63, 3.8) is 0 Å². The molecule has 2 fully saturated rings. The van der Waals surface area contributed by atoms with Crippen LogP contribution in [0.25, 0.3) is 0 Å². The highest BCUT2D eigenvalue weighted by molar-refractivity contribution is 6.12. The van der Waals surface area contributed by atoms with Gasteiger partial charge < -0.3 is 15.3 Å². The number of nitrogens with one attached hydrogen (secondary N) is 1. The van der Waals surface area contributed by atoms with Gasteiger partial charge in [0.05, 0.1) is 5.60 Å². The van der Waals surface area contributed by atoms with E-state index in [-0.39, 0.29) is 29.5 Å². The van der Waals surface area contributed by atoms with Gasteiger partial charge >= 0.3 is 0 Å². The average molecular weight is 591 g/mol. The third-order valence-corrected chi connectivity index (χ3v) is 9.54. The van der Waals surface area contributed by atoms with E-state index < -0.39 is 17.3 Å². The number of hydrogen-bond donors (Lipinski definition) is 2. The molecule has 7 nitrogen and oxygen atoms in total. The van der Waals surface area contributed by atoms with Crippen molar-refractivity contribution in [1.82, 2.24) is 10.2 Å². The van der Waals surface area contributed by atoms with Crippen LogP contribution in [0.4, 0.5) is 10.1 Å². The Labute approximate surface area is 255 Å². The van der Waals surface area contributed by atoms with Gasteiger partial charge in [0.25, 0.3) is 5.91 Å². The molecule has 232 valence electrons. The van der Waals surface area contributed by atoms with Crippen LogP contribution in [-0.2, 0) is 17.8 Å². The first-order chi connectivity index (χ1) is 20.4. The molecule has 1 saturated heterocycles. The molecule has 1 saturated carbocycles. The van der Waals surface area contributed by atoms with E-state index in [2.05, 4.69) is 38.3 Å². The van der Waals surface area contributed by atoms with Crippen LogP contribution in [0.1, 0.15) is 93.3 Å². The molecule has 3 aliphatic rings. The number of aryl methyl sites for hydroxylation is 1. The van der Waals surface area contributed by atoms with Crippen LogP contribution >= 0.6 is 0 Å². The number of fused-ring (bicyclic) bond motifs is 1. The van der Waals surface area contributed by atoms with Crippen molar-refractivity contribution in [2.75, 3.05) is 18.0 Å². The Bertz CT molecular complexity index is 1370. The fourth-order valence-corrected chi connectivity index (χ4v) is 6.94. The van der Waals surface area contributed by atoms with E-state index in [9.17, 15) is 19.1 Å². The molecule has 2 N–H and O–H groups in total. The van der Waals surface area contributed by atoms with Crippen LogP contribution < -0.4 is 10.2 Å². The molecule has 2 amide bonds. The quantitative estimate of drug-likeness (QED) is 0.426. The van der Waals surface area contributed by atoms with Gasteiger partial charge in [-0.3, -0.25) is 14.5 Å². The number of hydrogen-bond acceptors (Lipinski definition) is 4. The molecule has 2 aromatic carbocycles. The van der Waals surface area contributed by atoms with E-state index >= 15 is 0 Å². The van der Waals surface area contributed by atoms with E-state index in [4.69, 9.17) is 0 Å². The molecule has 0 radical (unpaired) electrons. The Balaban J connectivity index is 1.37. The number of likely N-dealkylation sites (tertiary alicyclic amines) is 1. The summed E-state index contributed by atoms with van der Waals surface area (Å²) in [5.74, 6) is 0.279. The summed E-state index contributed by atoms with van der Waals surface area (Å²) in [5, 5.41) is 13.5. The van der Waals surface area contributed by atoms with Crippen LogP contribution in [0.2, 0.25) is 0 Å². The number of nitrogens with zero attached hydrogens (tertiary/aromatic N) is 3. The molecule has 0 aromatic heterocycles.